The van der Waals surface area contributed by atoms with Gasteiger partial charge in [-0.1, -0.05) is 37.4 Å². The van der Waals surface area contributed by atoms with Crippen molar-refractivity contribution in [2.24, 2.45) is 0 Å². The molecule has 2 nitrogen and oxygen atoms in total. The van der Waals surface area contributed by atoms with Crippen molar-refractivity contribution in [3.63, 3.8) is 0 Å². The van der Waals surface area contributed by atoms with E-state index in [1.54, 1.807) is 12.2 Å². The minimum Gasteiger partial charge on any atom is -0.493 e. The molecule has 0 N–H and O–H groups in total. The van der Waals surface area contributed by atoms with Gasteiger partial charge in [0.25, 0.3) is 0 Å². The third kappa shape index (κ3) is 4.91. The molecule has 0 fully saturated rings. The molecule has 0 heterocycles. The van der Waals surface area contributed by atoms with Gasteiger partial charge >= 0.3 is 0 Å². The minimum atomic E-state index is 0.610. The van der Waals surface area contributed by atoms with E-state index in [1.165, 1.54) is 0 Å². The van der Waals surface area contributed by atoms with Crippen LogP contribution < -0.4 is 4.74 Å². The highest BCUT2D eigenvalue weighted by Gasteiger charge is 1.97. The van der Waals surface area contributed by atoms with Crippen LogP contribution in [0.15, 0.2) is 67.0 Å². The molecule has 0 aromatic heterocycles. The molecule has 1 aromatic rings. The van der Waals surface area contributed by atoms with Crippen LogP contribution in [0.3, 0.4) is 0 Å². The molecule has 1 aromatic carbocycles. The molecule has 0 atom stereocenters. The molecule has 0 aliphatic heterocycles. The Hall–Kier alpha value is -1.96. The Labute approximate surface area is 109 Å². The van der Waals surface area contributed by atoms with Crippen LogP contribution in [0.25, 0.3) is 0 Å². The van der Waals surface area contributed by atoms with Gasteiger partial charge in [0, 0.05) is 6.42 Å². The lowest BCUT2D eigenvalue weighted by atomic mass is 10.2. The van der Waals surface area contributed by atoms with Crippen LogP contribution in [0.1, 0.15) is 13.3 Å². The van der Waals surface area contributed by atoms with Crippen LogP contribution >= 0.6 is 0 Å². The topological polar surface area (TPSA) is 18.5 Å². The SMILES string of the molecule is C=C/C(C)=C(\C=C)OCCCOc1ccccc1. The molecule has 0 saturated heterocycles. The predicted octanol–water partition coefficient (Wildman–Crippen LogP) is 4.12. The fourth-order valence-electron chi connectivity index (χ4n) is 1.38. The number of hydrogen-bond acceptors (Lipinski definition) is 2. The van der Waals surface area contributed by atoms with Gasteiger partial charge in [0.2, 0.25) is 0 Å². The maximum Gasteiger partial charge on any atom is 0.121 e. The van der Waals surface area contributed by atoms with E-state index >= 15 is 0 Å². The molecular formula is C16H20O2. The summed E-state index contributed by atoms with van der Waals surface area (Å²) in [5.41, 5.74) is 0.994. The summed E-state index contributed by atoms with van der Waals surface area (Å²) in [5.74, 6) is 1.67. The summed E-state index contributed by atoms with van der Waals surface area (Å²) in [6, 6.07) is 9.76. The first-order valence-corrected chi connectivity index (χ1v) is 6.04. The molecule has 0 saturated carbocycles. The molecule has 0 aliphatic carbocycles. The number of hydrogen-bond donors (Lipinski definition) is 0. The van der Waals surface area contributed by atoms with Crippen molar-refractivity contribution in [1.29, 1.82) is 0 Å². The van der Waals surface area contributed by atoms with Gasteiger partial charge in [-0.05, 0) is 30.7 Å². The van der Waals surface area contributed by atoms with Gasteiger partial charge in [0.15, 0.2) is 0 Å². The van der Waals surface area contributed by atoms with Crippen LogP contribution in [0.2, 0.25) is 0 Å². The fraction of sp³-hybridized carbons (Fsp3) is 0.250. The van der Waals surface area contributed by atoms with Gasteiger partial charge in [0.1, 0.15) is 11.5 Å². The molecule has 0 amide bonds. The second-order valence-electron chi connectivity index (χ2n) is 3.82. The van der Waals surface area contributed by atoms with Crippen LogP contribution in [0.4, 0.5) is 0 Å². The molecule has 1 rings (SSSR count). The van der Waals surface area contributed by atoms with Gasteiger partial charge in [-0.3, -0.25) is 0 Å². The van der Waals surface area contributed by atoms with Gasteiger partial charge < -0.3 is 9.47 Å². The lowest BCUT2D eigenvalue weighted by Gasteiger charge is -2.09. The Morgan fingerprint density at radius 3 is 2.44 bits per heavy atom. The van der Waals surface area contributed by atoms with E-state index in [0.717, 1.165) is 23.5 Å². The second-order valence-corrected chi connectivity index (χ2v) is 3.82. The first-order valence-electron chi connectivity index (χ1n) is 6.04. The smallest absolute Gasteiger partial charge is 0.121 e. The zero-order valence-electron chi connectivity index (χ0n) is 10.9. The van der Waals surface area contributed by atoms with Gasteiger partial charge in [-0.2, -0.15) is 0 Å². The summed E-state index contributed by atoms with van der Waals surface area (Å²) in [7, 11) is 0. The van der Waals surface area contributed by atoms with Gasteiger partial charge in [-0.15, -0.1) is 0 Å². The van der Waals surface area contributed by atoms with Crippen LogP contribution in [-0.2, 0) is 4.74 Å². The molecule has 0 aliphatic rings. The first-order chi connectivity index (χ1) is 8.77. The van der Waals surface area contributed by atoms with Gasteiger partial charge in [-0.25, -0.2) is 0 Å². The molecule has 0 unspecified atom stereocenters. The zero-order valence-corrected chi connectivity index (χ0v) is 10.9. The van der Waals surface area contributed by atoms with Crippen molar-refractivity contribution >= 4 is 0 Å². The zero-order chi connectivity index (χ0) is 13.2. The number of rotatable bonds is 8. The number of para-hydroxylation sites is 1. The van der Waals surface area contributed by atoms with E-state index in [2.05, 4.69) is 13.2 Å². The quantitative estimate of drug-likeness (QED) is 0.389. The van der Waals surface area contributed by atoms with Crippen molar-refractivity contribution in [2.75, 3.05) is 13.2 Å². The molecule has 2 heteroatoms. The van der Waals surface area contributed by atoms with Crippen molar-refractivity contribution in [2.45, 2.75) is 13.3 Å². The average molecular weight is 244 g/mol. The lowest BCUT2D eigenvalue weighted by molar-refractivity contribution is 0.190. The monoisotopic (exact) mass is 244 g/mol. The fourth-order valence-corrected chi connectivity index (χ4v) is 1.38. The molecular weight excluding hydrogens is 224 g/mol. The van der Waals surface area contributed by atoms with E-state index in [-0.39, 0.29) is 0 Å². The van der Waals surface area contributed by atoms with Crippen molar-refractivity contribution in [1.82, 2.24) is 0 Å². The lowest BCUT2D eigenvalue weighted by Crippen LogP contribution is -2.03. The summed E-state index contributed by atoms with van der Waals surface area (Å²) in [6.45, 7) is 10.6. The van der Waals surface area contributed by atoms with E-state index in [9.17, 15) is 0 Å². The predicted molar refractivity (Wildman–Crippen MR) is 75.6 cm³/mol. The molecule has 18 heavy (non-hydrogen) atoms. The third-order valence-electron chi connectivity index (χ3n) is 2.44. The Morgan fingerprint density at radius 1 is 1.11 bits per heavy atom. The second kappa shape index (κ2) is 8.18. The highest BCUT2D eigenvalue weighted by atomic mass is 16.5. The number of allylic oxidation sites excluding steroid dienone is 3. The van der Waals surface area contributed by atoms with E-state index in [0.29, 0.717) is 13.2 Å². The molecule has 0 spiro atoms. The standard InChI is InChI=1S/C16H20O2/c1-4-14(3)16(5-2)18-13-9-12-17-15-10-7-6-8-11-15/h4-8,10-11H,1-2,9,12-13H2,3H3/b16-14+. The third-order valence-corrected chi connectivity index (χ3v) is 2.44. The maximum atomic E-state index is 5.59. The van der Waals surface area contributed by atoms with E-state index in [4.69, 9.17) is 9.47 Å². The minimum absolute atomic E-state index is 0.610. The first kappa shape index (κ1) is 14.1. The Bertz CT molecular complexity index is 404. The van der Waals surface area contributed by atoms with E-state index in [1.807, 2.05) is 37.3 Å². The summed E-state index contributed by atoms with van der Waals surface area (Å²) in [4.78, 5) is 0. The normalized spacial score (nSPS) is 11.4. The largest absolute Gasteiger partial charge is 0.493 e. The Morgan fingerprint density at radius 2 is 1.83 bits per heavy atom. The summed E-state index contributed by atoms with van der Waals surface area (Å²) >= 11 is 0. The average Bonchev–Trinajstić information content (AvgIpc) is 2.43. The summed E-state index contributed by atoms with van der Waals surface area (Å²) in [5, 5.41) is 0. The number of ether oxygens (including phenoxy) is 2. The van der Waals surface area contributed by atoms with Crippen molar-refractivity contribution < 1.29 is 9.47 Å². The van der Waals surface area contributed by atoms with Gasteiger partial charge in [0.05, 0.1) is 13.2 Å². The van der Waals surface area contributed by atoms with Crippen molar-refractivity contribution in [3.8, 4) is 5.75 Å². The highest BCUT2D eigenvalue weighted by Crippen LogP contribution is 2.10. The Kier molecular flexibility index (Phi) is 6.41. The highest BCUT2D eigenvalue weighted by molar-refractivity contribution is 5.24. The van der Waals surface area contributed by atoms with E-state index < -0.39 is 0 Å². The van der Waals surface area contributed by atoms with Crippen LogP contribution in [-0.4, -0.2) is 13.2 Å². The maximum absolute atomic E-state index is 5.59. The van der Waals surface area contributed by atoms with Crippen LogP contribution in [0, 0.1) is 0 Å². The molecule has 0 radical (unpaired) electrons. The molecule has 96 valence electrons. The molecule has 0 bridgehead atoms. The van der Waals surface area contributed by atoms with Crippen molar-refractivity contribution in [3.05, 3.63) is 67.0 Å². The Balaban J connectivity index is 2.23. The van der Waals surface area contributed by atoms with Crippen LogP contribution in [0.5, 0.6) is 5.75 Å². The summed E-state index contributed by atoms with van der Waals surface area (Å²) < 4.78 is 11.2. The summed E-state index contributed by atoms with van der Waals surface area (Å²) in [6.07, 6.45) is 4.29. The number of benzene rings is 1.